The van der Waals surface area contributed by atoms with Gasteiger partial charge in [-0.25, -0.2) is 4.79 Å². The number of amides is 1. The number of fused-ring (bicyclic) bond motifs is 1. The third-order valence-electron chi connectivity index (χ3n) is 7.33. The predicted molar refractivity (Wildman–Crippen MR) is 124 cm³/mol. The monoisotopic (exact) mass is 447 g/mol. The van der Waals surface area contributed by atoms with Crippen LogP contribution in [0.3, 0.4) is 0 Å². The van der Waals surface area contributed by atoms with E-state index >= 15 is 0 Å². The summed E-state index contributed by atoms with van der Waals surface area (Å²) in [5.41, 5.74) is 5.45. The second-order valence-corrected chi connectivity index (χ2v) is 9.43. The zero-order valence-electron chi connectivity index (χ0n) is 19.2. The Labute approximate surface area is 188 Å². The lowest BCUT2D eigenvalue weighted by atomic mass is 9.90. The van der Waals surface area contributed by atoms with Crippen LogP contribution in [0.1, 0.15) is 71.1 Å². The minimum Gasteiger partial charge on any atom is -0.383 e. The van der Waals surface area contributed by atoms with Gasteiger partial charge in [0.05, 0.1) is 19.3 Å². The number of carbonyl (C=O) groups is 1. The van der Waals surface area contributed by atoms with E-state index in [0.717, 1.165) is 57.8 Å². The molecule has 2 unspecified atom stereocenters. The van der Waals surface area contributed by atoms with E-state index in [1.165, 1.54) is 11.0 Å². The molecule has 2 saturated carbocycles. The normalized spacial score (nSPS) is 24.4. The van der Waals surface area contributed by atoms with Gasteiger partial charge in [0.25, 0.3) is 5.56 Å². The lowest BCUT2D eigenvalue weighted by Gasteiger charge is -2.44. The molecule has 4 rings (SSSR count). The van der Waals surface area contributed by atoms with Crippen LogP contribution in [-0.2, 0) is 16.1 Å². The minimum absolute atomic E-state index is 0.0637. The van der Waals surface area contributed by atoms with E-state index in [9.17, 15) is 14.4 Å². The maximum absolute atomic E-state index is 13.7. The van der Waals surface area contributed by atoms with Crippen molar-refractivity contribution in [3.63, 3.8) is 0 Å². The molecule has 0 bridgehead atoms. The third kappa shape index (κ3) is 4.64. The number of unbranched alkanes of at least 4 members (excludes halogenated alkanes) is 1. The summed E-state index contributed by atoms with van der Waals surface area (Å²) in [7, 11) is 0. The van der Waals surface area contributed by atoms with E-state index in [-0.39, 0.29) is 42.1 Å². The molecule has 1 amide bonds. The number of carbonyl (C=O) groups excluding carboxylic acids is 1. The van der Waals surface area contributed by atoms with Gasteiger partial charge in [0, 0.05) is 25.2 Å². The van der Waals surface area contributed by atoms with Crippen LogP contribution in [0.2, 0.25) is 0 Å². The second-order valence-electron chi connectivity index (χ2n) is 9.43. The van der Waals surface area contributed by atoms with Gasteiger partial charge in [-0.15, -0.1) is 0 Å². The van der Waals surface area contributed by atoms with Gasteiger partial charge in [0.2, 0.25) is 5.91 Å². The number of nitrogen functional groups attached to an aromatic ring is 1. The van der Waals surface area contributed by atoms with Crippen molar-refractivity contribution in [3.05, 3.63) is 20.8 Å². The lowest BCUT2D eigenvalue weighted by molar-refractivity contribution is -0.127. The summed E-state index contributed by atoms with van der Waals surface area (Å²) in [6.07, 6.45) is 9.96. The minimum atomic E-state index is -0.571. The van der Waals surface area contributed by atoms with Crippen LogP contribution in [0.5, 0.6) is 0 Å². The number of anilines is 2. The van der Waals surface area contributed by atoms with Gasteiger partial charge in [-0.05, 0) is 32.1 Å². The van der Waals surface area contributed by atoms with Crippen molar-refractivity contribution < 1.29 is 9.53 Å². The maximum Gasteiger partial charge on any atom is 0.330 e. The average Bonchev–Trinajstić information content (AvgIpc) is 3.31. The largest absolute Gasteiger partial charge is 0.383 e. The van der Waals surface area contributed by atoms with E-state index < -0.39 is 11.2 Å². The topological polar surface area (TPSA) is 114 Å². The highest BCUT2D eigenvalue weighted by molar-refractivity contribution is 5.97. The first kappa shape index (κ1) is 23.0. The van der Waals surface area contributed by atoms with Crippen LogP contribution in [-0.4, -0.2) is 58.2 Å². The Bertz CT molecular complexity index is 918. The summed E-state index contributed by atoms with van der Waals surface area (Å²) in [5.74, 6) is -0.00835. The van der Waals surface area contributed by atoms with Crippen molar-refractivity contribution >= 4 is 17.4 Å². The number of aromatic amines is 1. The van der Waals surface area contributed by atoms with Gasteiger partial charge in [-0.1, -0.05) is 39.0 Å². The SMILES string of the molecule is CCCCn1c(N)c(N(C(=O)CN2CCOC3CCCCC32)C2CCCC2)c(=O)[nH]c1=O. The number of nitrogens with two attached hydrogens (primary N) is 1. The highest BCUT2D eigenvalue weighted by Gasteiger charge is 2.38. The van der Waals surface area contributed by atoms with Gasteiger partial charge >= 0.3 is 5.69 Å². The molecule has 3 aliphatic rings. The van der Waals surface area contributed by atoms with E-state index in [4.69, 9.17) is 10.5 Å². The van der Waals surface area contributed by atoms with Crippen LogP contribution in [0.15, 0.2) is 9.59 Å². The van der Waals surface area contributed by atoms with E-state index in [0.29, 0.717) is 19.7 Å². The summed E-state index contributed by atoms with van der Waals surface area (Å²) in [6, 6.07) is 0.187. The summed E-state index contributed by atoms with van der Waals surface area (Å²) < 4.78 is 7.37. The number of hydrogen-bond acceptors (Lipinski definition) is 6. The van der Waals surface area contributed by atoms with Crippen LogP contribution < -0.4 is 21.9 Å². The first-order valence-electron chi connectivity index (χ1n) is 12.3. The van der Waals surface area contributed by atoms with Crippen molar-refractivity contribution in [1.82, 2.24) is 14.5 Å². The molecule has 1 aliphatic heterocycles. The second kappa shape index (κ2) is 10.2. The zero-order valence-corrected chi connectivity index (χ0v) is 19.2. The van der Waals surface area contributed by atoms with Crippen LogP contribution >= 0.6 is 0 Å². The molecule has 1 saturated heterocycles. The van der Waals surface area contributed by atoms with Crippen LogP contribution in [0.4, 0.5) is 11.5 Å². The molecule has 0 radical (unpaired) electrons. The zero-order chi connectivity index (χ0) is 22.7. The summed E-state index contributed by atoms with van der Waals surface area (Å²) in [4.78, 5) is 45.3. The Morgan fingerprint density at radius 1 is 1.16 bits per heavy atom. The predicted octanol–water partition coefficient (Wildman–Crippen LogP) is 1.84. The van der Waals surface area contributed by atoms with Crippen LogP contribution in [0.25, 0.3) is 0 Å². The highest BCUT2D eigenvalue weighted by Crippen LogP contribution is 2.31. The van der Waals surface area contributed by atoms with E-state index in [1.54, 1.807) is 4.90 Å². The standard InChI is InChI=1S/C23H37N5O4/c1-2-3-12-27-21(24)20(22(30)25-23(27)31)28(16-8-4-5-9-16)19(29)15-26-13-14-32-18-11-7-6-10-17(18)26/h16-18H,2-15,24H2,1H3,(H,25,30,31). The molecule has 9 heteroatoms. The summed E-state index contributed by atoms with van der Waals surface area (Å²) in [6.45, 7) is 4.04. The lowest BCUT2D eigenvalue weighted by Crippen LogP contribution is -2.57. The molecule has 178 valence electrons. The number of nitrogens with zero attached hydrogens (tertiary/aromatic N) is 3. The molecule has 9 nitrogen and oxygen atoms in total. The molecule has 1 aromatic rings. The first-order valence-corrected chi connectivity index (χ1v) is 12.3. The summed E-state index contributed by atoms with van der Waals surface area (Å²) >= 11 is 0. The fraction of sp³-hybridized carbons (Fsp3) is 0.783. The van der Waals surface area contributed by atoms with E-state index in [2.05, 4.69) is 9.88 Å². The van der Waals surface area contributed by atoms with Gasteiger partial charge in [0.15, 0.2) is 5.69 Å². The number of H-pyrrole nitrogens is 1. The number of morpholine rings is 1. The van der Waals surface area contributed by atoms with Crippen molar-refractivity contribution in [3.8, 4) is 0 Å². The van der Waals surface area contributed by atoms with Crippen molar-refractivity contribution in [2.45, 2.75) is 95.9 Å². The fourth-order valence-corrected chi connectivity index (χ4v) is 5.64. The summed E-state index contributed by atoms with van der Waals surface area (Å²) in [5, 5.41) is 0. The van der Waals surface area contributed by atoms with Crippen LogP contribution in [0, 0.1) is 0 Å². The number of hydrogen-bond donors (Lipinski definition) is 2. The molecule has 3 fully saturated rings. The van der Waals surface area contributed by atoms with Crippen molar-refractivity contribution in [2.24, 2.45) is 0 Å². The fourth-order valence-electron chi connectivity index (χ4n) is 5.64. The molecular weight excluding hydrogens is 410 g/mol. The molecule has 0 aromatic carbocycles. The quantitative estimate of drug-likeness (QED) is 0.659. The Kier molecular flexibility index (Phi) is 7.35. The highest BCUT2D eigenvalue weighted by atomic mass is 16.5. The maximum atomic E-state index is 13.7. The van der Waals surface area contributed by atoms with Crippen molar-refractivity contribution in [2.75, 3.05) is 30.3 Å². The molecule has 2 heterocycles. The molecule has 2 atom stereocenters. The van der Waals surface area contributed by atoms with Gasteiger partial charge in [0.1, 0.15) is 5.82 Å². The van der Waals surface area contributed by atoms with Crippen molar-refractivity contribution in [1.29, 1.82) is 0 Å². The molecule has 2 aliphatic carbocycles. The first-order chi connectivity index (χ1) is 15.5. The average molecular weight is 448 g/mol. The molecule has 32 heavy (non-hydrogen) atoms. The van der Waals surface area contributed by atoms with Gasteiger partial charge in [-0.2, -0.15) is 0 Å². The number of ether oxygens (including phenoxy) is 1. The van der Waals surface area contributed by atoms with E-state index in [1.807, 2.05) is 6.92 Å². The number of aromatic nitrogens is 2. The molecule has 0 spiro atoms. The smallest absolute Gasteiger partial charge is 0.330 e. The Hall–Kier alpha value is -2.13. The van der Waals surface area contributed by atoms with Gasteiger partial charge < -0.3 is 15.4 Å². The Balaban J connectivity index is 1.65. The van der Waals surface area contributed by atoms with Gasteiger partial charge in [-0.3, -0.25) is 24.0 Å². The number of nitrogens with one attached hydrogen (secondary N) is 1. The molecular formula is C23H37N5O4. The molecule has 3 N–H and O–H groups in total. The molecule has 1 aromatic heterocycles. The Morgan fingerprint density at radius 3 is 2.62 bits per heavy atom. The number of rotatable bonds is 7. The third-order valence-corrected chi connectivity index (χ3v) is 7.33. The Morgan fingerprint density at radius 2 is 1.88 bits per heavy atom.